The van der Waals surface area contributed by atoms with Crippen LogP contribution in [0.2, 0.25) is 0 Å². The van der Waals surface area contributed by atoms with Gasteiger partial charge in [0.1, 0.15) is 0 Å². The van der Waals surface area contributed by atoms with Gasteiger partial charge in [0.15, 0.2) is 0 Å². The van der Waals surface area contributed by atoms with Gasteiger partial charge in [-0.3, -0.25) is 0 Å². The fraction of sp³-hybridized carbons (Fsp3) is 0.333. The lowest BCUT2D eigenvalue weighted by Crippen LogP contribution is -2.25. The van der Waals surface area contributed by atoms with Gasteiger partial charge in [0.05, 0.1) is 0 Å². The van der Waals surface area contributed by atoms with Gasteiger partial charge >= 0.3 is 0 Å². The first-order chi connectivity index (χ1) is 4.93. The first-order valence-electron chi connectivity index (χ1n) is 3.61. The third-order valence-electron chi connectivity index (χ3n) is 1.46. The topological polar surface area (TPSA) is 12.0 Å². The number of hydrogen-bond donors (Lipinski definition) is 1. The molecule has 0 aromatic rings. The second-order valence-electron chi connectivity index (χ2n) is 2.31. The Bertz CT molecular complexity index is 144. The summed E-state index contributed by atoms with van der Waals surface area (Å²) >= 11 is 0. The Morgan fingerprint density at radius 2 is 2.20 bits per heavy atom. The minimum absolute atomic E-state index is 0.423. The van der Waals surface area contributed by atoms with Gasteiger partial charge in [0.25, 0.3) is 0 Å². The van der Waals surface area contributed by atoms with Crippen molar-refractivity contribution >= 4 is 0 Å². The smallest absolute Gasteiger partial charge is 0.0438 e. The molecule has 0 bridgehead atoms. The standard InChI is InChI=1S/C9H13N/c1-2-8-10-9-6-4-3-5-7-9/h2,4-7,9-10H,1,3,8H2. The summed E-state index contributed by atoms with van der Waals surface area (Å²) < 4.78 is 0. The van der Waals surface area contributed by atoms with Crippen LogP contribution in [0.15, 0.2) is 37.0 Å². The molecule has 1 nitrogen and oxygen atoms in total. The lowest BCUT2D eigenvalue weighted by Gasteiger charge is -2.10. The van der Waals surface area contributed by atoms with Crippen LogP contribution in [0.4, 0.5) is 0 Å². The molecule has 54 valence electrons. The second-order valence-corrected chi connectivity index (χ2v) is 2.31. The fourth-order valence-electron chi connectivity index (χ4n) is 0.949. The molecule has 10 heavy (non-hydrogen) atoms. The van der Waals surface area contributed by atoms with Crippen LogP contribution in [0.5, 0.6) is 0 Å². The van der Waals surface area contributed by atoms with Crippen LogP contribution < -0.4 is 5.32 Å². The summed E-state index contributed by atoms with van der Waals surface area (Å²) in [5.41, 5.74) is 0. The minimum Gasteiger partial charge on any atom is -0.304 e. The molecule has 1 aliphatic carbocycles. The maximum Gasteiger partial charge on any atom is 0.0438 e. The van der Waals surface area contributed by atoms with Crippen molar-refractivity contribution in [3.05, 3.63) is 37.0 Å². The van der Waals surface area contributed by atoms with E-state index in [0.29, 0.717) is 6.04 Å². The zero-order chi connectivity index (χ0) is 7.23. The maximum absolute atomic E-state index is 3.63. The predicted molar refractivity (Wildman–Crippen MR) is 44.9 cm³/mol. The summed E-state index contributed by atoms with van der Waals surface area (Å²) in [4.78, 5) is 0. The van der Waals surface area contributed by atoms with Gasteiger partial charge in [-0.25, -0.2) is 0 Å². The van der Waals surface area contributed by atoms with Crippen molar-refractivity contribution in [3.8, 4) is 0 Å². The molecule has 0 aromatic carbocycles. The molecular weight excluding hydrogens is 122 g/mol. The molecule has 0 atom stereocenters. The molecule has 1 heteroatoms. The first-order valence-corrected chi connectivity index (χ1v) is 3.61. The SMILES string of the molecule is C=CCNC1C=CCC=C1. The van der Waals surface area contributed by atoms with Gasteiger partial charge in [-0.1, -0.05) is 30.4 Å². The summed E-state index contributed by atoms with van der Waals surface area (Å²) in [6, 6.07) is 0.423. The second kappa shape index (κ2) is 4.07. The summed E-state index contributed by atoms with van der Waals surface area (Å²) in [7, 11) is 0. The van der Waals surface area contributed by atoms with E-state index in [1.54, 1.807) is 0 Å². The van der Waals surface area contributed by atoms with Gasteiger partial charge < -0.3 is 5.32 Å². The van der Waals surface area contributed by atoms with Crippen LogP contribution >= 0.6 is 0 Å². The average molecular weight is 135 g/mol. The summed E-state index contributed by atoms with van der Waals surface area (Å²) in [5.74, 6) is 0. The van der Waals surface area contributed by atoms with E-state index in [0.717, 1.165) is 13.0 Å². The van der Waals surface area contributed by atoms with E-state index < -0.39 is 0 Å². The van der Waals surface area contributed by atoms with Gasteiger partial charge in [-0.05, 0) is 6.42 Å². The third kappa shape index (κ3) is 2.19. The highest BCUT2D eigenvalue weighted by atomic mass is 14.9. The van der Waals surface area contributed by atoms with Gasteiger partial charge in [0, 0.05) is 12.6 Å². The van der Waals surface area contributed by atoms with Crippen LogP contribution in [0.3, 0.4) is 0 Å². The number of rotatable bonds is 3. The Labute approximate surface area is 62.1 Å². The van der Waals surface area contributed by atoms with E-state index in [2.05, 4.69) is 36.2 Å². The minimum atomic E-state index is 0.423. The molecule has 1 N–H and O–H groups in total. The molecule has 0 aromatic heterocycles. The van der Waals surface area contributed by atoms with E-state index in [9.17, 15) is 0 Å². The third-order valence-corrected chi connectivity index (χ3v) is 1.46. The summed E-state index contributed by atoms with van der Waals surface area (Å²) in [6.07, 6.45) is 11.6. The lowest BCUT2D eigenvalue weighted by atomic mass is 10.1. The maximum atomic E-state index is 3.63. The highest BCUT2D eigenvalue weighted by Gasteiger charge is 1.97. The summed E-state index contributed by atoms with van der Waals surface area (Å²) in [5, 5.41) is 3.28. The normalized spacial score (nSPS) is 17.6. The lowest BCUT2D eigenvalue weighted by molar-refractivity contribution is 0.729. The molecule has 0 amide bonds. The van der Waals surface area contributed by atoms with Crippen LogP contribution in [0, 0.1) is 0 Å². The Morgan fingerprint density at radius 1 is 1.50 bits per heavy atom. The van der Waals surface area contributed by atoms with Crippen LogP contribution in [-0.2, 0) is 0 Å². The van der Waals surface area contributed by atoms with E-state index in [1.165, 1.54) is 0 Å². The van der Waals surface area contributed by atoms with Crippen molar-refractivity contribution in [1.29, 1.82) is 0 Å². The molecule has 0 spiro atoms. The predicted octanol–water partition coefficient (Wildman–Crippen LogP) is 1.65. The quantitative estimate of drug-likeness (QED) is 0.580. The van der Waals surface area contributed by atoms with Crippen molar-refractivity contribution in [2.75, 3.05) is 6.54 Å². The Kier molecular flexibility index (Phi) is 2.97. The number of allylic oxidation sites excluding steroid dienone is 2. The molecule has 0 saturated carbocycles. The molecule has 0 heterocycles. The molecule has 0 fully saturated rings. The molecule has 0 radical (unpaired) electrons. The Morgan fingerprint density at radius 3 is 2.80 bits per heavy atom. The molecule has 0 saturated heterocycles. The Hall–Kier alpha value is -0.820. The molecule has 1 rings (SSSR count). The van der Waals surface area contributed by atoms with Gasteiger partial charge in [0.2, 0.25) is 0 Å². The molecular formula is C9H13N. The van der Waals surface area contributed by atoms with Crippen molar-refractivity contribution in [2.24, 2.45) is 0 Å². The van der Waals surface area contributed by atoms with Gasteiger partial charge in [-0.2, -0.15) is 0 Å². The highest BCUT2D eigenvalue weighted by Crippen LogP contribution is 2.00. The molecule has 0 unspecified atom stereocenters. The van der Waals surface area contributed by atoms with Crippen molar-refractivity contribution in [2.45, 2.75) is 12.5 Å². The molecule has 0 aliphatic heterocycles. The fourth-order valence-corrected chi connectivity index (χ4v) is 0.949. The zero-order valence-corrected chi connectivity index (χ0v) is 6.09. The average Bonchev–Trinajstić information content (AvgIpc) is 2.03. The van der Waals surface area contributed by atoms with Crippen molar-refractivity contribution in [3.63, 3.8) is 0 Å². The van der Waals surface area contributed by atoms with E-state index in [1.807, 2.05) is 6.08 Å². The first kappa shape index (κ1) is 7.29. The van der Waals surface area contributed by atoms with Crippen LogP contribution in [-0.4, -0.2) is 12.6 Å². The van der Waals surface area contributed by atoms with Gasteiger partial charge in [-0.15, -0.1) is 6.58 Å². The summed E-state index contributed by atoms with van der Waals surface area (Å²) in [6.45, 7) is 4.51. The van der Waals surface area contributed by atoms with Crippen LogP contribution in [0.1, 0.15) is 6.42 Å². The van der Waals surface area contributed by atoms with E-state index >= 15 is 0 Å². The largest absolute Gasteiger partial charge is 0.304 e. The highest BCUT2D eigenvalue weighted by molar-refractivity contribution is 5.13. The number of hydrogen-bond acceptors (Lipinski definition) is 1. The number of nitrogens with one attached hydrogen (secondary N) is 1. The zero-order valence-electron chi connectivity index (χ0n) is 6.09. The van der Waals surface area contributed by atoms with Crippen molar-refractivity contribution in [1.82, 2.24) is 5.32 Å². The van der Waals surface area contributed by atoms with Crippen LogP contribution in [0.25, 0.3) is 0 Å². The van der Waals surface area contributed by atoms with E-state index in [4.69, 9.17) is 0 Å². The van der Waals surface area contributed by atoms with E-state index in [-0.39, 0.29) is 0 Å². The Balaban J connectivity index is 2.26. The van der Waals surface area contributed by atoms with Crippen molar-refractivity contribution < 1.29 is 0 Å². The monoisotopic (exact) mass is 135 g/mol. The molecule has 1 aliphatic rings.